The van der Waals surface area contributed by atoms with Gasteiger partial charge in [0.2, 0.25) is 0 Å². The third-order valence-corrected chi connectivity index (χ3v) is 7.96. The summed E-state index contributed by atoms with van der Waals surface area (Å²) in [6.45, 7) is 2.56. The minimum absolute atomic E-state index is 0.000253. The Morgan fingerprint density at radius 3 is 2.18 bits per heavy atom. The number of ether oxygens (including phenoxy) is 4. The number of hydrogen-bond acceptors (Lipinski definition) is 9. The van der Waals surface area contributed by atoms with Crippen LogP contribution in [0.3, 0.4) is 0 Å². The first kappa shape index (κ1) is 27.6. The lowest BCUT2D eigenvalue weighted by Gasteiger charge is -2.46. The van der Waals surface area contributed by atoms with Crippen LogP contribution in [0.5, 0.6) is 23.0 Å². The average Bonchev–Trinajstić information content (AvgIpc) is 2.86. The number of phenolic OH excluding ortho intramolecular Hbond substituents is 2. The summed E-state index contributed by atoms with van der Waals surface area (Å²) < 4.78 is 22.2. The van der Waals surface area contributed by atoms with Crippen molar-refractivity contribution in [2.45, 2.75) is 63.6 Å². The van der Waals surface area contributed by atoms with Crippen molar-refractivity contribution in [2.75, 3.05) is 20.8 Å². The van der Waals surface area contributed by atoms with Crippen LogP contribution in [0.25, 0.3) is 0 Å². The van der Waals surface area contributed by atoms with Gasteiger partial charge in [-0.15, -0.1) is 0 Å². The second-order valence-electron chi connectivity index (χ2n) is 10.3. The molecule has 0 radical (unpaired) electrons. The predicted molar refractivity (Wildman–Crippen MR) is 138 cm³/mol. The van der Waals surface area contributed by atoms with Gasteiger partial charge in [-0.2, -0.15) is 0 Å². The summed E-state index contributed by atoms with van der Waals surface area (Å²) in [6.07, 6.45) is 0.849. The van der Waals surface area contributed by atoms with E-state index < -0.39 is 24.1 Å². The topological polar surface area (TPSA) is 132 Å². The van der Waals surface area contributed by atoms with Crippen LogP contribution >= 0.6 is 0 Å². The van der Waals surface area contributed by atoms with Crippen molar-refractivity contribution < 1.29 is 43.9 Å². The van der Waals surface area contributed by atoms with Crippen LogP contribution < -0.4 is 9.47 Å². The molecule has 0 saturated heterocycles. The summed E-state index contributed by atoms with van der Waals surface area (Å²) in [5, 5.41) is 31.3. The molecule has 2 aromatic carbocycles. The standard InChI is InChI=1S/C29H36O9/c1-15(31)37-20-7-18(17-5-6-25(33)28(10-17)35-3)8-22-23(27(12-20)38-16(2)32)9-19-11-29(36-4)26(34)13-21(19)24(22)14-30/h5-6,10-11,13,18,20,22-24,27,30,33-34H,7-9,12,14H2,1-4H3. The number of fused-ring (bicyclic) bond motifs is 2. The Morgan fingerprint density at radius 2 is 1.55 bits per heavy atom. The molecule has 0 heterocycles. The minimum Gasteiger partial charge on any atom is -0.504 e. The summed E-state index contributed by atoms with van der Waals surface area (Å²) >= 11 is 0. The van der Waals surface area contributed by atoms with E-state index >= 15 is 0 Å². The molecule has 3 N–H and O–H groups in total. The van der Waals surface area contributed by atoms with Gasteiger partial charge in [0.1, 0.15) is 12.2 Å². The van der Waals surface area contributed by atoms with Crippen molar-refractivity contribution in [2.24, 2.45) is 11.8 Å². The molecule has 9 heteroatoms. The highest BCUT2D eigenvalue weighted by molar-refractivity contribution is 5.67. The Hall–Kier alpha value is -3.46. The summed E-state index contributed by atoms with van der Waals surface area (Å²) in [7, 11) is 2.97. The lowest BCUT2D eigenvalue weighted by molar-refractivity contribution is -0.159. The highest BCUT2D eigenvalue weighted by atomic mass is 16.6. The maximum Gasteiger partial charge on any atom is 0.302 e. The quantitative estimate of drug-likeness (QED) is 0.479. The van der Waals surface area contributed by atoms with E-state index in [1.165, 1.54) is 28.1 Å². The first-order valence-corrected chi connectivity index (χ1v) is 12.9. The van der Waals surface area contributed by atoms with Crippen LogP contribution in [0.4, 0.5) is 0 Å². The molecule has 2 aliphatic rings. The van der Waals surface area contributed by atoms with Gasteiger partial charge in [-0.3, -0.25) is 9.59 Å². The molecular weight excluding hydrogens is 492 g/mol. The third-order valence-electron chi connectivity index (χ3n) is 7.96. The van der Waals surface area contributed by atoms with Gasteiger partial charge >= 0.3 is 11.9 Å². The highest BCUT2D eigenvalue weighted by Crippen LogP contribution is 2.51. The number of carbonyl (C=O) groups is 2. The van der Waals surface area contributed by atoms with Gasteiger partial charge in [0, 0.05) is 32.1 Å². The smallest absolute Gasteiger partial charge is 0.302 e. The van der Waals surface area contributed by atoms with E-state index in [-0.39, 0.29) is 41.8 Å². The van der Waals surface area contributed by atoms with Crippen LogP contribution in [-0.4, -0.2) is 60.3 Å². The maximum absolute atomic E-state index is 12.2. The molecule has 2 aliphatic carbocycles. The SMILES string of the molecule is COc1cc(C2CC(OC(C)=O)CC(OC(C)=O)C3Cc4cc(OC)c(O)cc4C(CO)C3C2)ccc1O. The Balaban J connectivity index is 1.83. The van der Waals surface area contributed by atoms with E-state index in [0.717, 1.165) is 16.7 Å². The molecule has 38 heavy (non-hydrogen) atoms. The fraction of sp³-hybridized carbons (Fsp3) is 0.517. The number of carbonyl (C=O) groups excluding carboxylic acids is 2. The Kier molecular flexibility index (Phi) is 8.35. The summed E-state index contributed by atoms with van der Waals surface area (Å²) in [6, 6.07) is 8.63. The van der Waals surface area contributed by atoms with Crippen molar-refractivity contribution in [1.82, 2.24) is 0 Å². The van der Waals surface area contributed by atoms with Gasteiger partial charge in [0.05, 0.1) is 20.8 Å². The number of aromatic hydroxyl groups is 2. The molecule has 1 saturated carbocycles. The zero-order valence-corrected chi connectivity index (χ0v) is 22.2. The second-order valence-corrected chi connectivity index (χ2v) is 10.3. The van der Waals surface area contributed by atoms with Gasteiger partial charge in [-0.1, -0.05) is 6.07 Å². The first-order valence-electron chi connectivity index (χ1n) is 12.9. The number of benzene rings is 2. The van der Waals surface area contributed by atoms with Crippen LogP contribution in [-0.2, 0) is 25.5 Å². The zero-order chi connectivity index (χ0) is 27.6. The van der Waals surface area contributed by atoms with Gasteiger partial charge < -0.3 is 34.3 Å². The highest BCUT2D eigenvalue weighted by Gasteiger charge is 2.46. The van der Waals surface area contributed by atoms with E-state index in [9.17, 15) is 24.9 Å². The predicted octanol–water partition coefficient (Wildman–Crippen LogP) is 3.81. The molecule has 206 valence electrons. The molecule has 0 aliphatic heterocycles. The number of rotatable bonds is 6. The van der Waals surface area contributed by atoms with E-state index in [1.807, 2.05) is 6.07 Å². The van der Waals surface area contributed by atoms with Crippen molar-refractivity contribution >= 4 is 11.9 Å². The van der Waals surface area contributed by atoms with Gasteiger partial charge in [-0.25, -0.2) is 0 Å². The summed E-state index contributed by atoms with van der Waals surface area (Å²) in [5.41, 5.74) is 2.65. The summed E-state index contributed by atoms with van der Waals surface area (Å²) in [5.74, 6) is -0.884. The molecule has 0 amide bonds. The van der Waals surface area contributed by atoms with Crippen LogP contribution in [0.15, 0.2) is 30.3 Å². The molecule has 0 bridgehead atoms. The summed E-state index contributed by atoms with van der Waals surface area (Å²) in [4.78, 5) is 24.2. The Bertz CT molecular complexity index is 1180. The van der Waals surface area contributed by atoms with Gasteiger partial charge in [0.15, 0.2) is 23.0 Å². The van der Waals surface area contributed by atoms with Crippen LogP contribution in [0.2, 0.25) is 0 Å². The molecular formula is C29H36O9. The fourth-order valence-electron chi connectivity index (χ4n) is 6.40. The molecule has 9 nitrogen and oxygen atoms in total. The number of phenols is 2. The normalized spacial score (nSPS) is 26.7. The van der Waals surface area contributed by atoms with E-state index in [2.05, 4.69) is 0 Å². The zero-order valence-electron chi connectivity index (χ0n) is 22.2. The number of aliphatic hydroxyl groups is 1. The molecule has 1 fully saturated rings. The Morgan fingerprint density at radius 1 is 0.868 bits per heavy atom. The van der Waals surface area contributed by atoms with Crippen molar-refractivity contribution in [3.05, 3.63) is 47.0 Å². The minimum atomic E-state index is -0.542. The third kappa shape index (κ3) is 5.67. The maximum atomic E-state index is 12.2. The molecule has 6 atom stereocenters. The number of esters is 2. The first-order chi connectivity index (χ1) is 18.1. The van der Waals surface area contributed by atoms with Crippen LogP contribution in [0, 0.1) is 11.8 Å². The molecule has 0 aromatic heterocycles. The van der Waals surface area contributed by atoms with E-state index in [4.69, 9.17) is 18.9 Å². The number of hydrogen-bond donors (Lipinski definition) is 3. The van der Waals surface area contributed by atoms with Gasteiger partial charge in [0.25, 0.3) is 0 Å². The molecule has 0 spiro atoms. The van der Waals surface area contributed by atoms with Crippen LogP contribution in [0.1, 0.15) is 61.6 Å². The fourth-order valence-corrected chi connectivity index (χ4v) is 6.40. The van der Waals surface area contributed by atoms with E-state index in [1.54, 1.807) is 24.3 Å². The monoisotopic (exact) mass is 528 g/mol. The lowest BCUT2D eigenvalue weighted by atomic mass is 9.61. The molecule has 4 rings (SSSR count). The van der Waals surface area contributed by atoms with Crippen molar-refractivity contribution in [1.29, 1.82) is 0 Å². The average molecular weight is 529 g/mol. The molecule has 2 aromatic rings. The van der Waals surface area contributed by atoms with Gasteiger partial charge in [-0.05, 0) is 72.1 Å². The lowest BCUT2D eigenvalue weighted by Crippen LogP contribution is -2.45. The largest absolute Gasteiger partial charge is 0.504 e. The van der Waals surface area contributed by atoms with E-state index in [0.29, 0.717) is 37.2 Å². The van der Waals surface area contributed by atoms with Crippen molar-refractivity contribution in [3.8, 4) is 23.0 Å². The van der Waals surface area contributed by atoms with Crippen molar-refractivity contribution in [3.63, 3.8) is 0 Å². The number of methoxy groups -OCH3 is 2. The number of aliphatic hydroxyl groups excluding tert-OH is 1. The Labute approximate surface area is 222 Å². The molecule has 6 unspecified atom stereocenters. The second kappa shape index (κ2) is 11.5.